The number of aryl methyl sites for hydroxylation is 1. The molecule has 0 saturated carbocycles. The molecule has 114 valence electrons. The van der Waals surface area contributed by atoms with Crippen LogP contribution in [0.3, 0.4) is 0 Å². The van der Waals surface area contributed by atoms with E-state index in [9.17, 15) is 4.79 Å². The van der Waals surface area contributed by atoms with Gasteiger partial charge in [-0.25, -0.2) is 4.98 Å². The number of carbonyl (C=O) groups excluding carboxylic acids is 1. The van der Waals surface area contributed by atoms with Gasteiger partial charge < -0.3 is 14.6 Å². The topological polar surface area (TPSA) is 56.1 Å². The van der Waals surface area contributed by atoms with Crippen LogP contribution >= 0.6 is 11.3 Å². The molecule has 1 aromatic carbocycles. The molecule has 0 spiro atoms. The monoisotopic (exact) mass is 315 g/mol. The second-order valence-corrected chi connectivity index (χ2v) is 6.11. The van der Waals surface area contributed by atoms with Crippen LogP contribution in [0.4, 0.5) is 5.69 Å². The lowest BCUT2D eigenvalue weighted by atomic mass is 10.3. The molecule has 22 heavy (non-hydrogen) atoms. The van der Waals surface area contributed by atoms with Gasteiger partial charge in [-0.05, 0) is 44.2 Å². The Bertz CT molecular complexity index is 803. The molecule has 3 rings (SSSR count). The maximum absolute atomic E-state index is 12.4. The van der Waals surface area contributed by atoms with Gasteiger partial charge in [-0.3, -0.25) is 4.79 Å². The minimum Gasteiger partial charge on any atom is -0.491 e. The first kappa shape index (κ1) is 14.6. The van der Waals surface area contributed by atoms with Crippen LogP contribution in [0.1, 0.15) is 24.3 Å². The number of rotatable bonds is 4. The Hall–Kier alpha value is -2.34. The molecule has 0 aliphatic rings. The first-order chi connectivity index (χ1) is 10.5. The molecule has 0 radical (unpaired) electrons. The van der Waals surface area contributed by atoms with Crippen molar-refractivity contribution in [1.29, 1.82) is 0 Å². The number of carbonyl (C=O) groups is 1. The van der Waals surface area contributed by atoms with E-state index in [-0.39, 0.29) is 12.0 Å². The van der Waals surface area contributed by atoms with Crippen LogP contribution in [0, 0.1) is 0 Å². The molecule has 6 heteroatoms. The summed E-state index contributed by atoms with van der Waals surface area (Å²) in [6, 6.07) is 9.16. The van der Waals surface area contributed by atoms with E-state index in [1.54, 1.807) is 11.6 Å². The summed E-state index contributed by atoms with van der Waals surface area (Å²) in [5.41, 5.74) is 3.95. The Morgan fingerprint density at radius 2 is 2.05 bits per heavy atom. The predicted octanol–water partition coefficient (Wildman–Crippen LogP) is 3.67. The zero-order chi connectivity index (χ0) is 15.7. The highest BCUT2D eigenvalue weighted by atomic mass is 32.1. The number of hydrogen-bond donors (Lipinski definition) is 1. The highest BCUT2D eigenvalue weighted by Crippen LogP contribution is 2.23. The van der Waals surface area contributed by atoms with Crippen LogP contribution in [0.25, 0.3) is 10.3 Å². The molecule has 1 N–H and O–H groups in total. The Morgan fingerprint density at radius 3 is 2.68 bits per heavy atom. The molecule has 0 atom stereocenters. The number of amides is 1. The van der Waals surface area contributed by atoms with Crippen LogP contribution in [0.15, 0.2) is 35.8 Å². The summed E-state index contributed by atoms with van der Waals surface area (Å²) >= 11 is 1.52. The zero-order valence-corrected chi connectivity index (χ0v) is 13.5. The third kappa shape index (κ3) is 2.82. The maximum atomic E-state index is 12.4. The maximum Gasteiger partial charge on any atom is 0.272 e. The van der Waals surface area contributed by atoms with Gasteiger partial charge in [-0.1, -0.05) is 0 Å². The fourth-order valence-electron chi connectivity index (χ4n) is 2.24. The minimum absolute atomic E-state index is 0.129. The summed E-state index contributed by atoms with van der Waals surface area (Å²) in [4.78, 5) is 17.6. The molecule has 0 aliphatic carbocycles. The van der Waals surface area contributed by atoms with Crippen molar-refractivity contribution in [3.8, 4) is 5.75 Å². The molecule has 0 fully saturated rings. The fourth-order valence-corrected chi connectivity index (χ4v) is 2.99. The van der Waals surface area contributed by atoms with Gasteiger partial charge in [0.05, 0.1) is 11.6 Å². The highest BCUT2D eigenvalue weighted by Gasteiger charge is 2.15. The van der Waals surface area contributed by atoms with E-state index in [2.05, 4.69) is 10.3 Å². The SMILES string of the molecule is CC(C)Oc1ccc(NC(=O)c2cc3ncsc3n2C)cc1. The number of thiazole rings is 1. The summed E-state index contributed by atoms with van der Waals surface area (Å²) < 4.78 is 7.44. The smallest absolute Gasteiger partial charge is 0.272 e. The highest BCUT2D eigenvalue weighted by molar-refractivity contribution is 7.16. The van der Waals surface area contributed by atoms with Gasteiger partial charge in [0, 0.05) is 12.7 Å². The average molecular weight is 315 g/mol. The van der Waals surface area contributed by atoms with E-state index >= 15 is 0 Å². The Morgan fingerprint density at radius 1 is 1.32 bits per heavy atom. The third-order valence-corrected chi connectivity index (χ3v) is 4.15. The van der Waals surface area contributed by atoms with E-state index in [1.165, 1.54) is 11.3 Å². The van der Waals surface area contributed by atoms with Gasteiger partial charge in [0.1, 0.15) is 21.8 Å². The van der Waals surface area contributed by atoms with Crippen molar-refractivity contribution in [3.05, 3.63) is 41.5 Å². The normalized spacial score (nSPS) is 11.1. The lowest BCUT2D eigenvalue weighted by molar-refractivity contribution is 0.101. The average Bonchev–Trinajstić information content (AvgIpc) is 3.04. The number of fused-ring (bicyclic) bond motifs is 1. The van der Waals surface area contributed by atoms with E-state index in [4.69, 9.17) is 4.74 Å². The Labute approximate surface area is 132 Å². The quantitative estimate of drug-likeness (QED) is 0.799. The van der Waals surface area contributed by atoms with Crippen molar-refractivity contribution in [2.45, 2.75) is 20.0 Å². The molecule has 1 amide bonds. The molecule has 3 aromatic rings. The molecule has 0 bridgehead atoms. The van der Waals surface area contributed by atoms with Crippen molar-refractivity contribution in [2.24, 2.45) is 7.05 Å². The number of hydrogen-bond acceptors (Lipinski definition) is 4. The molecule has 2 heterocycles. The predicted molar refractivity (Wildman–Crippen MR) is 88.8 cm³/mol. The summed E-state index contributed by atoms with van der Waals surface area (Å²) in [6.07, 6.45) is 0.129. The molecule has 2 aromatic heterocycles. The van der Waals surface area contributed by atoms with Crippen LogP contribution in [-0.2, 0) is 7.05 Å². The molecular formula is C16H17N3O2S. The summed E-state index contributed by atoms with van der Waals surface area (Å²) in [6.45, 7) is 3.95. The second-order valence-electron chi connectivity index (χ2n) is 5.28. The standard InChI is InChI=1S/C16H17N3O2S/c1-10(2)21-12-6-4-11(5-7-12)18-15(20)14-8-13-16(19(14)3)22-9-17-13/h4-10H,1-3H3,(H,18,20). The molecule has 0 aliphatic heterocycles. The summed E-state index contributed by atoms with van der Waals surface area (Å²) in [5.74, 6) is 0.641. The largest absolute Gasteiger partial charge is 0.491 e. The van der Waals surface area contributed by atoms with Crippen LogP contribution in [0.5, 0.6) is 5.75 Å². The van der Waals surface area contributed by atoms with Crippen molar-refractivity contribution in [1.82, 2.24) is 9.55 Å². The summed E-state index contributed by atoms with van der Waals surface area (Å²) in [7, 11) is 1.87. The first-order valence-electron chi connectivity index (χ1n) is 7.01. The van der Waals surface area contributed by atoms with E-state index in [1.807, 2.05) is 49.7 Å². The van der Waals surface area contributed by atoms with Crippen LogP contribution < -0.4 is 10.1 Å². The van der Waals surface area contributed by atoms with Crippen molar-refractivity contribution in [3.63, 3.8) is 0 Å². The van der Waals surface area contributed by atoms with Crippen LogP contribution in [-0.4, -0.2) is 21.6 Å². The van der Waals surface area contributed by atoms with Gasteiger partial charge in [0.15, 0.2) is 0 Å². The number of nitrogens with zero attached hydrogens (tertiary/aromatic N) is 2. The number of anilines is 1. The number of ether oxygens (including phenoxy) is 1. The van der Waals surface area contributed by atoms with Gasteiger partial charge in [0.25, 0.3) is 5.91 Å². The lowest BCUT2D eigenvalue weighted by Crippen LogP contribution is -2.15. The number of aromatic nitrogens is 2. The van der Waals surface area contributed by atoms with Crippen LogP contribution in [0.2, 0.25) is 0 Å². The fraction of sp³-hybridized carbons (Fsp3) is 0.250. The van der Waals surface area contributed by atoms with Gasteiger partial charge in [0.2, 0.25) is 0 Å². The van der Waals surface area contributed by atoms with E-state index in [0.717, 1.165) is 21.8 Å². The Kier molecular flexibility index (Phi) is 3.85. The van der Waals surface area contributed by atoms with Gasteiger partial charge >= 0.3 is 0 Å². The lowest BCUT2D eigenvalue weighted by Gasteiger charge is -2.11. The van der Waals surface area contributed by atoms with Gasteiger partial charge in [-0.2, -0.15) is 0 Å². The third-order valence-electron chi connectivity index (χ3n) is 3.23. The zero-order valence-electron chi connectivity index (χ0n) is 12.7. The molecule has 0 saturated heterocycles. The molecule has 0 unspecified atom stereocenters. The Balaban J connectivity index is 1.76. The van der Waals surface area contributed by atoms with Crippen molar-refractivity contribution < 1.29 is 9.53 Å². The molecular weight excluding hydrogens is 298 g/mol. The minimum atomic E-state index is -0.148. The van der Waals surface area contributed by atoms with E-state index < -0.39 is 0 Å². The van der Waals surface area contributed by atoms with E-state index in [0.29, 0.717) is 5.69 Å². The number of nitrogens with one attached hydrogen (secondary N) is 1. The summed E-state index contributed by atoms with van der Waals surface area (Å²) in [5, 5.41) is 2.89. The number of benzene rings is 1. The molecule has 5 nitrogen and oxygen atoms in total. The second kappa shape index (κ2) is 5.81. The van der Waals surface area contributed by atoms with Crippen molar-refractivity contribution >= 4 is 33.3 Å². The van der Waals surface area contributed by atoms with Crippen molar-refractivity contribution in [2.75, 3.05) is 5.32 Å². The first-order valence-corrected chi connectivity index (χ1v) is 7.89. The van der Waals surface area contributed by atoms with Gasteiger partial charge in [-0.15, -0.1) is 11.3 Å².